The van der Waals surface area contributed by atoms with Crippen LogP contribution in [0, 0.1) is 0 Å². The molecule has 0 aliphatic carbocycles. The molecule has 0 heterocycles. The number of aliphatic carboxylic acids is 1. The first-order chi connectivity index (χ1) is 7.52. The summed E-state index contributed by atoms with van der Waals surface area (Å²) in [5.74, 6) is -1.26. The van der Waals surface area contributed by atoms with Crippen LogP contribution in [0.2, 0.25) is 0 Å². The molecule has 0 fully saturated rings. The zero-order chi connectivity index (χ0) is 12.1. The number of benzene rings is 1. The van der Waals surface area contributed by atoms with Gasteiger partial charge in [0, 0.05) is 10.0 Å². The van der Waals surface area contributed by atoms with Gasteiger partial charge in [-0.1, -0.05) is 34.1 Å². The van der Waals surface area contributed by atoms with Gasteiger partial charge in [-0.05, 0) is 6.07 Å². The molecule has 7 heteroatoms. The summed E-state index contributed by atoms with van der Waals surface area (Å²) < 4.78 is 0.558. The van der Waals surface area contributed by atoms with Crippen molar-refractivity contribution in [1.29, 1.82) is 0 Å². The minimum atomic E-state index is -1.26. The van der Waals surface area contributed by atoms with Crippen molar-refractivity contribution in [3.05, 3.63) is 34.3 Å². The Balaban J connectivity index is 3.13. The summed E-state index contributed by atoms with van der Waals surface area (Å²) in [6.07, 6.45) is 0. The van der Waals surface area contributed by atoms with Gasteiger partial charge in [-0.2, -0.15) is 5.10 Å². The SMILES string of the molecule is NC(=O)NN=C(C(=O)O)c1ccccc1Br. The number of hydrogen-bond acceptors (Lipinski definition) is 3. The molecule has 1 aromatic carbocycles. The Bertz CT molecular complexity index is 459. The van der Waals surface area contributed by atoms with E-state index in [-0.39, 0.29) is 5.71 Å². The molecule has 6 nitrogen and oxygen atoms in total. The van der Waals surface area contributed by atoms with Crippen molar-refractivity contribution in [3.8, 4) is 0 Å². The van der Waals surface area contributed by atoms with E-state index in [4.69, 9.17) is 10.8 Å². The van der Waals surface area contributed by atoms with Crippen LogP contribution in [0.15, 0.2) is 33.8 Å². The highest BCUT2D eigenvalue weighted by Gasteiger charge is 2.15. The molecule has 0 aromatic heterocycles. The van der Waals surface area contributed by atoms with E-state index in [0.717, 1.165) is 0 Å². The van der Waals surface area contributed by atoms with E-state index in [9.17, 15) is 9.59 Å². The molecule has 16 heavy (non-hydrogen) atoms. The Morgan fingerprint density at radius 2 is 2.00 bits per heavy atom. The molecule has 1 aromatic rings. The number of urea groups is 1. The van der Waals surface area contributed by atoms with E-state index in [1.807, 2.05) is 5.43 Å². The van der Waals surface area contributed by atoms with E-state index < -0.39 is 12.0 Å². The number of primary amides is 1. The number of carboxylic acids is 1. The first-order valence-corrected chi connectivity index (χ1v) is 4.93. The number of hydrazone groups is 1. The van der Waals surface area contributed by atoms with Gasteiger partial charge < -0.3 is 10.8 Å². The fourth-order valence-corrected chi connectivity index (χ4v) is 1.46. The Hall–Kier alpha value is -1.89. The maximum atomic E-state index is 10.9. The lowest BCUT2D eigenvalue weighted by Crippen LogP contribution is -2.28. The number of carbonyl (C=O) groups excluding carboxylic acids is 1. The normalized spacial score (nSPS) is 10.9. The number of nitrogens with two attached hydrogens (primary N) is 1. The molecule has 0 radical (unpaired) electrons. The maximum Gasteiger partial charge on any atom is 0.357 e. The van der Waals surface area contributed by atoms with Crippen molar-refractivity contribution in [1.82, 2.24) is 5.43 Å². The number of carboxylic acid groups (broad SMARTS) is 1. The smallest absolute Gasteiger partial charge is 0.357 e. The number of carbonyl (C=O) groups is 2. The van der Waals surface area contributed by atoms with E-state index in [1.165, 1.54) is 0 Å². The summed E-state index contributed by atoms with van der Waals surface area (Å²) >= 11 is 3.18. The third-order valence-corrected chi connectivity index (χ3v) is 2.30. The second-order valence-corrected chi connectivity index (χ2v) is 3.58. The van der Waals surface area contributed by atoms with Crippen LogP contribution in [0.25, 0.3) is 0 Å². The van der Waals surface area contributed by atoms with Gasteiger partial charge >= 0.3 is 12.0 Å². The Morgan fingerprint density at radius 1 is 1.38 bits per heavy atom. The van der Waals surface area contributed by atoms with E-state index >= 15 is 0 Å². The zero-order valence-corrected chi connectivity index (χ0v) is 9.56. The molecule has 0 bridgehead atoms. The van der Waals surface area contributed by atoms with Crippen molar-refractivity contribution in [3.63, 3.8) is 0 Å². The number of hydrogen-bond donors (Lipinski definition) is 3. The lowest BCUT2D eigenvalue weighted by molar-refractivity contribution is -0.129. The van der Waals surface area contributed by atoms with Crippen LogP contribution in [0.3, 0.4) is 0 Å². The van der Waals surface area contributed by atoms with Crippen molar-refractivity contribution >= 4 is 33.6 Å². The van der Waals surface area contributed by atoms with Gasteiger partial charge in [-0.25, -0.2) is 15.0 Å². The molecule has 0 unspecified atom stereocenters. The topological polar surface area (TPSA) is 105 Å². The van der Waals surface area contributed by atoms with Crippen molar-refractivity contribution in [2.45, 2.75) is 0 Å². The van der Waals surface area contributed by atoms with Gasteiger partial charge in [0.2, 0.25) is 0 Å². The van der Waals surface area contributed by atoms with Gasteiger partial charge in [0.1, 0.15) is 0 Å². The van der Waals surface area contributed by atoms with E-state index in [2.05, 4.69) is 21.0 Å². The highest BCUT2D eigenvalue weighted by molar-refractivity contribution is 9.10. The fourth-order valence-electron chi connectivity index (χ4n) is 0.988. The fraction of sp³-hybridized carbons (Fsp3) is 0. The summed E-state index contributed by atoms with van der Waals surface area (Å²) in [5, 5.41) is 12.3. The first kappa shape index (κ1) is 12.2. The monoisotopic (exact) mass is 285 g/mol. The van der Waals surface area contributed by atoms with Crippen molar-refractivity contribution < 1.29 is 14.7 Å². The molecule has 4 N–H and O–H groups in total. The minimum absolute atomic E-state index is 0.300. The highest BCUT2D eigenvalue weighted by atomic mass is 79.9. The number of nitrogens with zero attached hydrogens (tertiary/aromatic N) is 1. The predicted octanol–water partition coefficient (Wildman–Crippen LogP) is 0.906. The average Bonchev–Trinajstić information content (AvgIpc) is 2.20. The molecular weight excluding hydrogens is 278 g/mol. The molecule has 0 saturated carbocycles. The van der Waals surface area contributed by atoms with Crippen LogP contribution in [-0.4, -0.2) is 22.8 Å². The third-order valence-electron chi connectivity index (χ3n) is 1.61. The van der Waals surface area contributed by atoms with Crippen LogP contribution >= 0.6 is 15.9 Å². The second kappa shape index (κ2) is 5.26. The number of amides is 2. The summed E-state index contributed by atoms with van der Waals surface area (Å²) in [4.78, 5) is 21.4. The quantitative estimate of drug-likeness (QED) is 0.568. The average molecular weight is 286 g/mol. The van der Waals surface area contributed by atoms with Crippen LogP contribution in [0.4, 0.5) is 4.79 Å². The first-order valence-electron chi connectivity index (χ1n) is 4.13. The summed E-state index contributed by atoms with van der Waals surface area (Å²) in [7, 11) is 0. The standard InChI is InChI=1S/C9H8BrN3O3/c10-6-4-2-1-3-5(6)7(8(14)15)12-13-9(11)16/h1-4H,(H,14,15)(H3,11,13,16). The van der Waals surface area contributed by atoms with Crippen LogP contribution in [0.1, 0.15) is 5.56 Å². The molecular formula is C9H8BrN3O3. The Kier molecular flexibility index (Phi) is 4.01. The molecule has 0 saturated heterocycles. The number of rotatable bonds is 3. The molecule has 0 aliphatic rings. The maximum absolute atomic E-state index is 10.9. The van der Waals surface area contributed by atoms with E-state index in [0.29, 0.717) is 10.0 Å². The molecule has 2 amide bonds. The number of nitrogens with one attached hydrogen (secondary N) is 1. The molecule has 0 aliphatic heterocycles. The van der Waals surface area contributed by atoms with Gasteiger partial charge in [0.15, 0.2) is 5.71 Å². The zero-order valence-electron chi connectivity index (χ0n) is 7.98. The lowest BCUT2D eigenvalue weighted by atomic mass is 10.1. The van der Waals surface area contributed by atoms with Crippen LogP contribution in [-0.2, 0) is 4.79 Å². The minimum Gasteiger partial charge on any atom is -0.476 e. The molecule has 0 atom stereocenters. The number of halogens is 1. The van der Waals surface area contributed by atoms with Gasteiger partial charge in [-0.3, -0.25) is 0 Å². The van der Waals surface area contributed by atoms with Crippen molar-refractivity contribution in [2.24, 2.45) is 10.8 Å². The van der Waals surface area contributed by atoms with Gasteiger partial charge in [-0.15, -0.1) is 0 Å². The summed E-state index contributed by atoms with van der Waals surface area (Å²) in [5.41, 5.74) is 6.72. The highest BCUT2D eigenvalue weighted by Crippen LogP contribution is 2.16. The Morgan fingerprint density at radius 3 is 2.50 bits per heavy atom. The van der Waals surface area contributed by atoms with Crippen LogP contribution < -0.4 is 11.2 Å². The summed E-state index contributed by atoms with van der Waals surface area (Å²) in [6.45, 7) is 0. The molecule has 0 spiro atoms. The van der Waals surface area contributed by atoms with E-state index in [1.54, 1.807) is 24.3 Å². The van der Waals surface area contributed by atoms with Gasteiger partial charge in [0.25, 0.3) is 0 Å². The lowest BCUT2D eigenvalue weighted by Gasteiger charge is -2.03. The molecule has 84 valence electrons. The largest absolute Gasteiger partial charge is 0.476 e. The Labute approximate surface area is 99.3 Å². The summed E-state index contributed by atoms with van der Waals surface area (Å²) in [6, 6.07) is 5.68. The predicted molar refractivity (Wildman–Crippen MR) is 61.0 cm³/mol. The van der Waals surface area contributed by atoms with Gasteiger partial charge in [0.05, 0.1) is 0 Å². The molecule has 1 rings (SSSR count). The third kappa shape index (κ3) is 3.06. The van der Waals surface area contributed by atoms with Crippen LogP contribution in [0.5, 0.6) is 0 Å². The van der Waals surface area contributed by atoms with Crippen molar-refractivity contribution in [2.75, 3.05) is 0 Å². The second-order valence-electron chi connectivity index (χ2n) is 2.72.